The van der Waals surface area contributed by atoms with Gasteiger partial charge >= 0.3 is 0 Å². The molecule has 4 heteroatoms. The molecule has 0 aromatic carbocycles. The van der Waals surface area contributed by atoms with Crippen LogP contribution in [0.5, 0.6) is 0 Å². The van der Waals surface area contributed by atoms with Crippen LogP contribution in [-0.4, -0.2) is 35.9 Å². The molecule has 1 fully saturated rings. The molecule has 2 atom stereocenters. The summed E-state index contributed by atoms with van der Waals surface area (Å²) >= 11 is 0. The molecular formula is C14H27NO3. The first-order chi connectivity index (χ1) is 8.63. The average molecular weight is 257 g/mol. The van der Waals surface area contributed by atoms with Crippen LogP contribution in [0, 0.1) is 0 Å². The Labute approximate surface area is 110 Å². The minimum atomic E-state index is -0.371. The zero-order valence-electron chi connectivity index (χ0n) is 11.7. The van der Waals surface area contributed by atoms with Crippen molar-refractivity contribution < 1.29 is 14.6 Å². The van der Waals surface area contributed by atoms with Gasteiger partial charge in [0.05, 0.1) is 12.2 Å². The van der Waals surface area contributed by atoms with Crippen molar-refractivity contribution in [1.29, 1.82) is 0 Å². The van der Waals surface area contributed by atoms with Crippen molar-refractivity contribution in [2.75, 3.05) is 6.54 Å². The highest BCUT2D eigenvalue weighted by Crippen LogP contribution is 2.22. The van der Waals surface area contributed by atoms with Gasteiger partial charge in [-0.1, -0.05) is 26.2 Å². The Bertz CT molecular complexity index is 237. The van der Waals surface area contributed by atoms with Crippen molar-refractivity contribution in [2.24, 2.45) is 0 Å². The van der Waals surface area contributed by atoms with E-state index in [1.54, 1.807) is 6.92 Å². The third-order valence-electron chi connectivity index (χ3n) is 3.43. The van der Waals surface area contributed by atoms with Gasteiger partial charge in [0.1, 0.15) is 6.10 Å². The number of rotatable bonds is 7. The highest BCUT2D eigenvalue weighted by Gasteiger charge is 2.23. The van der Waals surface area contributed by atoms with E-state index in [2.05, 4.69) is 5.32 Å². The van der Waals surface area contributed by atoms with E-state index < -0.39 is 0 Å². The quantitative estimate of drug-likeness (QED) is 0.733. The van der Waals surface area contributed by atoms with Crippen LogP contribution in [0.2, 0.25) is 0 Å². The van der Waals surface area contributed by atoms with Crippen LogP contribution < -0.4 is 5.32 Å². The molecule has 1 aliphatic carbocycles. The lowest BCUT2D eigenvalue weighted by Crippen LogP contribution is -2.39. The lowest BCUT2D eigenvalue weighted by Gasteiger charge is -2.26. The van der Waals surface area contributed by atoms with E-state index in [-0.39, 0.29) is 24.2 Å². The first-order valence-corrected chi connectivity index (χ1v) is 7.24. The molecule has 18 heavy (non-hydrogen) atoms. The van der Waals surface area contributed by atoms with E-state index in [0.29, 0.717) is 19.4 Å². The number of nitrogens with one attached hydrogen (secondary N) is 1. The largest absolute Gasteiger partial charge is 0.393 e. The van der Waals surface area contributed by atoms with Gasteiger partial charge in [-0.15, -0.1) is 0 Å². The predicted molar refractivity (Wildman–Crippen MR) is 71.3 cm³/mol. The number of hydrogen-bond donors (Lipinski definition) is 2. The topological polar surface area (TPSA) is 58.6 Å². The Morgan fingerprint density at radius 1 is 1.39 bits per heavy atom. The summed E-state index contributed by atoms with van der Waals surface area (Å²) in [5.74, 6) is -0.0382. The Kier molecular flexibility index (Phi) is 7.28. The molecule has 1 saturated carbocycles. The third-order valence-corrected chi connectivity index (χ3v) is 3.43. The number of carbonyl (C=O) groups is 1. The molecule has 0 bridgehead atoms. The van der Waals surface area contributed by atoms with E-state index >= 15 is 0 Å². The number of carbonyl (C=O) groups excluding carboxylic acids is 1. The fraction of sp³-hybridized carbons (Fsp3) is 0.929. The molecule has 2 unspecified atom stereocenters. The highest BCUT2D eigenvalue weighted by molar-refractivity contribution is 5.80. The summed E-state index contributed by atoms with van der Waals surface area (Å²) in [7, 11) is 0. The van der Waals surface area contributed by atoms with Gasteiger partial charge in [0.25, 0.3) is 0 Å². The van der Waals surface area contributed by atoms with Crippen molar-refractivity contribution in [3.63, 3.8) is 0 Å². The molecule has 1 rings (SSSR count). The van der Waals surface area contributed by atoms with Gasteiger partial charge in [-0.2, -0.15) is 0 Å². The van der Waals surface area contributed by atoms with Gasteiger partial charge in [0.15, 0.2) is 0 Å². The molecule has 0 aromatic heterocycles. The Hall–Kier alpha value is -0.610. The van der Waals surface area contributed by atoms with Crippen LogP contribution in [-0.2, 0) is 9.53 Å². The molecular weight excluding hydrogens is 230 g/mol. The second-order valence-electron chi connectivity index (χ2n) is 5.22. The highest BCUT2D eigenvalue weighted by atomic mass is 16.5. The molecule has 0 saturated heterocycles. The van der Waals surface area contributed by atoms with E-state index in [9.17, 15) is 4.79 Å². The molecule has 0 aromatic rings. The van der Waals surface area contributed by atoms with E-state index in [1.165, 1.54) is 19.3 Å². The van der Waals surface area contributed by atoms with Crippen LogP contribution in [0.15, 0.2) is 0 Å². The van der Waals surface area contributed by atoms with Gasteiger partial charge in [0, 0.05) is 6.54 Å². The zero-order chi connectivity index (χ0) is 13.4. The van der Waals surface area contributed by atoms with Gasteiger partial charge in [-0.25, -0.2) is 0 Å². The van der Waals surface area contributed by atoms with Crippen molar-refractivity contribution in [3.8, 4) is 0 Å². The van der Waals surface area contributed by atoms with Crippen LogP contribution in [0.3, 0.4) is 0 Å². The third kappa shape index (κ3) is 5.83. The molecule has 1 amide bonds. The molecule has 2 N–H and O–H groups in total. The maximum absolute atomic E-state index is 11.9. The minimum Gasteiger partial charge on any atom is -0.393 e. The summed E-state index contributed by atoms with van der Waals surface area (Å²) in [6.07, 6.45) is 6.72. The van der Waals surface area contributed by atoms with Crippen LogP contribution in [0.25, 0.3) is 0 Å². The smallest absolute Gasteiger partial charge is 0.249 e. The van der Waals surface area contributed by atoms with Crippen LogP contribution in [0.1, 0.15) is 58.8 Å². The van der Waals surface area contributed by atoms with Crippen molar-refractivity contribution in [2.45, 2.75) is 77.1 Å². The number of aliphatic hydroxyl groups excluding tert-OH is 1. The fourth-order valence-corrected chi connectivity index (χ4v) is 2.30. The first-order valence-electron chi connectivity index (χ1n) is 7.24. The van der Waals surface area contributed by atoms with Crippen LogP contribution >= 0.6 is 0 Å². The summed E-state index contributed by atoms with van der Waals surface area (Å²) in [5.41, 5.74) is 0. The number of ether oxygens (including phenoxy) is 1. The second kappa shape index (κ2) is 8.48. The molecule has 0 heterocycles. The van der Waals surface area contributed by atoms with Crippen LogP contribution in [0.4, 0.5) is 0 Å². The van der Waals surface area contributed by atoms with Crippen molar-refractivity contribution in [3.05, 3.63) is 0 Å². The van der Waals surface area contributed by atoms with E-state index in [1.807, 2.05) is 6.92 Å². The van der Waals surface area contributed by atoms with Gasteiger partial charge in [0.2, 0.25) is 5.91 Å². The summed E-state index contributed by atoms with van der Waals surface area (Å²) in [4.78, 5) is 11.9. The Morgan fingerprint density at radius 2 is 2.06 bits per heavy atom. The summed E-state index contributed by atoms with van der Waals surface area (Å²) in [6, 6.07) is 0. The zero-order valence-corrected chi connectivity index (χ0v) is 11.7. The Morgan fingerprint density at radius 3 is 2.61 bits per heavy atom. The minimum absolute atomic E-state index is 0.0382. The van der Waals surface area contributed by atoms with Gasteiger partial charge < -0.3 is 15.2 Å². The summed E-state index contributed by atoms with van der Waals surface area (Å²) in [6.45, 7) is 4.21. The van der Waals surface area contributed by atoms with E-state index in [0.717, 1.165) is 12.8 Å². The van der Waals surface area contributed by atoms with E-state index in [4.69, 9.17) is 9.84 Å². The standard InChI is InChI=1S/C14H27NO3/c1-3-13(14(17)15-10-9-11(2)16)18-12-7-5-4-6-8-12/h11-13,16H,3-10H2,1-2H3,(H,15,17). The summed E-state index contributed by atoms with van der Waals surface area (Å²) < 4.78 is 5.89. The van der Waals surface area contributed by atoms with Gasteiger partial charge in [-0.3, -0.25) is 4.79 Å². The normalized spacial score (nSPS) is 20.4. The Balaban J connectivity index is 2.27. The molecule has 0 radical (unpaired) electrons. The molecule has 106 valence electrons. The number of hydrogen-bond acceptors (Lipinski definition) is 3. The molecule has 0 aliphatic heterocycles. The average Bonchev–Trinajstić information content (AvgIpc) is 2.36. The second-order valence-corrected chi connectivity index (χ2v) is 5.22. The van der Waals surface area contributed by atoms with Crippen molar-refractivity contribution in [1.82, 2.24) is 5.32 Å². The number of aliphatic hydroxyl groups is 1. The van der Waals surface area contributed by atoms with Gasteiger partial charge in [-0.05, 0) is 32.6 Å². The lowest BCUT2D eigenvalue weighted by atomic mass is 9.97. The molecule has 1 aliphatic rings. The first kappa shape index (κ1) is 15.4. The summed E-state index contributed by atoms with van der Waals surface area (Å²) in [5, 5.41) is 12.0. The maximum atomic E-state index is 11.9. The molecule has 4 nitrogen and oxygen atoms in total. The maximum Gasteiger partial charge on any atom is 0.249 e. The van der Waals surface area contributed by atoms with Crippen molar-refractivity contribution >= 4 is 5.91 Å². The number of amides is 1. The SMILES string of the molecule is CCC(OC1CCCCC1)C(=O)NCCC(C)O. The monoisotopic (exact) mass is 257 g/mol. The predicted octanol–water partition coefficient (Wildman–Crippen LogP) is 2.00. The molecule has 0 spiro atoms. The fourth-order valence-electron chi connectivity index (χ4n) is 2.30. The lowest BCUT2D eigenvalue weighted by molar-refractivity contribution is -0.138.